The maximum Gasteiger partial charge on any atom is 0.0708 e. The molecule has 18 heavy (non-hydrogen) atoms. The molecule has 0 spiro atoms. The first kappa shape index (κ1) is 14.0. The van der Waals surface area contributed by atoms with Crippen molar-refractivity contribution in [2.75, 3.05) is 0 Å². The average molecular weight is 315 g/mol. The Morgan fingerprint density at radius 3 is 2.44 bits per heavy atom. The summed E-state index contributed by atoms with van der Waals surface area (Å²) in [5, 5.41) is 4.30. The Hall–Kier alpha value is -0.390. The van der Waals surface area contributed by atoms with Crippen LogP contribution in [0.4, 0.5) is 0 Å². The fourth-order valence-electron chi connectivity index (χ4n) is 3.03. The summed E-state index contributed by atoms with van der Waals surface area (Å²) in [4.78, 5) is 0. The van der Waals surface area contributed by atoms with Crippen LogP contribution < -0.4 is 11.3 Å². The van der Waals surface area contributed by atoms with Crippen molar-refractivity contribution in [3.8, 4) is 0 Å². The third-order valence-corrected chi connectivity index (χ3v) is 4.64. The van der Waals surface area contributed by atoms with Crippen molar-refractivity contribution in [3.05, 3.63) is 16.4 Å². The highest BCUT2D eigenvalue weighted by Gasteiger charge is 2.26. The maximum absolute atomic E-state index is 5.81. The Bertz CT molecular complexity index is 350. The number of rotatable bonds is 3. The van der Waals surface area contributed by atoms with Gasteiger partial charge in [0.2, 0.25) is 0 Å². The lowest BCUT2D eigenvalue weighted by Gasteiger charge is -2.28. The maximum atomic E-state index is 5.81. The number of aryl methyl sites for hydroxylation is 1. The minimum Gasteiger partial charge on any atom is -0.271 e. The average Bonchev–Trinajstić information content (AvgIpc) is 2.64. The van der Waals surface area contributed by atoms with Gasteiger partial charge in [0.05, 0.1) is 22.4 Å². The number of nitrogens with one attached hydrogen (secondary N) is 1. The molecule has 1 saturated carbocycles. The first-order valence-electron chi connectivity index (χ1n) is 6.87. The van der Waals surface area contributed by atoms with Crippen LogP contribution in [0.1, 0.15) is 56.7 Å². The molecule has 1 aromatic rings. The summed E-state index contributed by atoms with van der Waals surface area (Å²) in [7, 11) is 1.98. The van der Waals surface area contributed by atoms with E-state index in [-0.39, 0.29) is 6.04 Å². The third kappa shape index (κ3) is 3.13. The molecule has 1 aromatic heterocycles. The zero-order chi connectivity index (χ0) is 13.0. The summed E-state index contributed by atoms with van der Waals surface area (Å²) in [5.41, 5.74) is 4.18. The highest BCUT2D eigenvalue weighted by atomic mass is 79.9. The standard InChI is InChI=1S/C13H23BrN4/c1-18-13(11(14)9-16-18)12(17-15)10-7-5-3-2-4-6-8-10/h9-10,12,17H,2-8,15H2,1H3. The summed E-state index contributed by atoms with van der Waals surface area (Å²) in [6.07, 6.45) is 11.1. The molecule has 5 heteroatoms. The van der Waals surface area contributed by atoms with Crippen LogP contribution in [0.15, 0.2) is 10.7 Å². The van der Waals surface area contributed by atoms with E-state index < -0.39 is 0 Å². The van der Waals surface area contributed by atoms with Crippen LogP contribution in [0.25, 0.3) is 0 Å². The first-order valence-corrected chi connectivity index (χ1v) is 7.67. The SMILES string of the molecule is Cn1ncc(Br)c1C(NN)C1CCCCCCC1. The van der Waals surface area contributed by atoms with Crippen LogP contribution in [-0.2, 0) is 7.05 Å². The zero-order valence-corrected chi connectivity index (χ0v) is 12.6. The molecule has 3 N–H and O–H groups in total. The molecule has 0 radical (unpaired) electrons. The predicted octanol–water partition coefficient (Wildman–Crippen LogP) is 3.05. The van der Waals surface area contributed by atoms with Gasteiger partial charge in [-0.1, -0.05) is 32.1 Å². The highest BCUT2D eigenvalue weighted by Crippen LogP contribution is 2.35. The minimum atomic E-state index is 0.199. The number of nitrogens with two attached hydrogens (primary N) is 1. The van der Waals surface area contributed by atoms with Crippen molar-refractivity contribution in [2.24, 2.45) is 18.8 Å². The Morgan fingerprint density at radius 1 is 1.33 bits per heavy atom. The topological polar surface area (TPSA) is 55.9 Å². The summed E-state index contributed by atoms with van der Waals surface area (Å²) in [6, 6.07) is 0.199. The molecule has 0 aliphatic heterocycles. The van der Waals surface area contributed by atoms with Crippen LogP contribution in [0.2, 0.25) is 0 Å². The number of halogens is 1. The molecular weight excluding hydrogens is 292 g/mol. The molecule has 4 nitrogen and oxygen atoms in total. The van der Waals surface area contributed by atoms with Crippen molar-refractivity contribution >= 4 is 15.9 Å². The van der Waals surface area contributed by atoms with Crippen molar-refractivity contribution in [1.82, 2.24) is 15.2 Å². The number of nitrogens with zero attached hydrogens (tertiary/aromatic N) is 2. The van der Waals surface area contributed by atoms with Gasteiger partial charge in [0, 0.05) is 7.05 Å². The monoisotopic (exact) mass is 314 g/mol. The largest absolute Gasteiger partial charge is 0.271 e. The van der Waals surface area contributed by atoms with Crippen molar-refractivity contribution in [1.29, 1.82) is 0 Å². The van der Waals surface area contributed by atoms with Crippen LogP contribution in [0.3, 0.4) is 0 Å². The summed E-state index contributed by atoms with van der Waals surface area (Å²) in [5.74, 6) is 6.42. The van der Waals surface area contributed by atoms with E-state index >= 15 is 0 Å². The lowest BCUT2D eigenvalue weighted by molar-refractivity contribution is 0.280. The van der Waals surface area contributed by atoms with Crippen molar-refractivity contribution < 1.29 is 0 Å². The molecule has 1 aliphatic carbocycles. The molecule has 0 bridgehead atoms. The van der Waals surface area contributed by atoms with Crippen LogP contribution in [-0.4, -0.2) is 9.78 Å². The van der Waals surface area contributed by atoms with E-state index in [0.29, 0.717) is 5.92 Å². The number of hydrazine groups is 1. The van der Waals surface area contributed by atoms with E-state index in [4.69, 9.17) is 5.84 Å². The van der Waals surface area contributed by atoms with Gasteiger partial charge in [-0.25, -0.2) is 0 Å². The molecule has 0 saturated heterocycles. The number of aromatic nitrogens is 2. The second-order valence-corrected chi connectivity index (χ2v) is 6.11. The van der Waals surface area contributed by atoms with Gasteiger partial charge in [0.15, 0.2) is 0 Å². The zero-order valence-electron chi connectivity index (χ0n) is 11.0. The summed E-state index contributed by atoms with van der Waals surface area (Å²) < 4.78 is 2.97. The second-order valence-electron chi connectivity index (χ2n) is 5.25. The van der Waals surface area contributed by atoms with Gasteiger partial charge in [-0.05, 0) is 34.7 Å². The van der Waals surface area contributed by atoms with Gasteiger partial charge in [0.25, 0.3) is 0 Å². The van der Waals surface area contributed by atoms with Crippen molar-refractivity contribution in [2.45, 2.75) is 51.0 Å². The molecular formula is C13H23BrN4. The molecule has 1 fully saturated rings. The smallest absolute Gasteiger partial charge is 0.0708 e. The van der Waals surface area contributed by atoms with Gasteiger partial charge >= 0.3 is 0 Å². The first-order chi connectivity index (χ1) is 8.74. The van der Waals surface area contributed by atoms with Gasteiger partial charge in [-0.15, -0.1) is 0 Å². The van der Waals surface area contributed by atoms with Crippen LogP contribution in [0, 0.1) is 5.92 Å². The molecule has 0 aromatic carbocycles. The van der Waals surface area contributed by atoms with E-state index in [0.717, 1.165) is 4.47 Å². The van der Waals surface area contributed by atoms with Crippen LogP contribution in [0.5, 0.6) is 0 Å². The molecule has 1 atom stereocenters. The summed E-state index contributed by atoms with van der Waals surface area (Å²) >= 11 is 3.58. The molecule has 0 amide bonds. The van der Waals surface area contributed by atoms with E-state index in [1.54, 1.807) is 0 Å². The van der Waals surface area contributed by atoms with Crippen LogP contribution >= 0.6 is 15.9 Å². The molecule has 1 unspecified atom stereocenters. The van der Waals surface area contributed by atoms with Crippen molar-refractivity contribution in [3.63, 3.8) is 0 Å². The fraction of sp³-hybridized carbons (Fsp3) is 0.769. The Labute approximate surface area is 117 Å². The normalized spacial score (nSPS) is 20.4. The van der Waals surface area contributed by atoms with E-state index in [2.05, 4.69) is 26.5 Å². The fourth-order valence-corrected chi connectivity index (χ4v) is 3.62. The number of hydrogen-bond acceptors (Lipinski definition) is 3. The van der Waals surface area contributed by atoms with Gasteiger partial charge in [-0.2, -0.15) is 5.10 Å². The van der Waals surface area contributed by atoms with E-state index in [1.807, 2.05) is 17.9 Å². The quantitative estimate of drug-likeness (QED) is 0.666. The summed E-state index contributed by atoms with van der Waals surface area (Å²) in [6.45, 7) is 0. The second kappa shape index (κ2) is 6.68. The van der Waals surface area contributed by atoms with E-state index in [9.17, 15) is 0 Å². The van der Waals surface area contributed by atoms with Gasteiger partial charge in [-0.3, -0.25) is 16.0 Å². The lowest BCUT2D eigenvalue weighted by atomic mass is 9.85. The minimum absolute atomic E-state index is 0.199. The lowest BCUT2D eigenvalue weighted by Crippen LogP contribution is -2.35. The van der Waals surface area contributed by atoms with Gasteiger partial charge < -0.3 is 0 Å². The Kier molecular flexibility index (Phi) is 5.21. The van der Waals surface area contributed by atoms with Gasteiger partial charge in [0.1, 0.15) is 0 Å². The predicted molar refractivity (Wildman–Crippen MR) is 76.8 cm³/mol. The highest BCUT2D eigenvalue weighted by molar-refractivity contribution is 9.10. The Morgan fingerprint density at radius 2 is 1.94 bits per heavy atom. The molecule has 1 heterocycles. The Balaban J connectivity index is 2.16. The molecule has 1 aliphatic rings. The molecule has 102 valence electrons. The third-order valence-electron chi connectivity index (χ3n) is 4.03. The van der Waals surface area contributed by atoms with E-state index in [1.165, 1.54) is 50.6 Å². The number of hydrogen-bond donors (Lipinski definition) is 2. The molecule has 2 rings (SSSR count).